The highest BCUT2D eigenvalue weighted by atomic mass is 28.4. The van der Waals surface area contributed by atoms with E-state index in [9.17, 15) is 0 Å². The Morgan fingerprint density at radius 1 is 1.19 bits per heavy atom. The van der Waals surface area contributed by atoms with E-state index in [4.69, 9.17) is 18.6 Å². The summed E-state index contributed by atoms with van der Waals surface area (Å²) in [5, 5.41) is 0.223. The SMILES string of the molecule is COc1ccc([C@H]2OCC(C)[C@@H]([C@@H](C)CO[Si](C)(C)C(C)(C)C)O2)cc1. The molecular formula is C21H36O4Si. The van der Waals surface area contributed by atoms with Gasteiger partial charge in [0.25, 0.3) is 0 Å². The van der Waals surface area contributed by atoms with Crippen molar-refractivity contribution in [3.8, 4) is 5.75 Å². The quantitative estimate of drug-likeness (QED) is 0.619. The summed E-state index contributed by atoms with van der Waals surface area (Å²) in [6.07, 6.45) is -0.196. The molecule has 0 N–H and O–H groups in total. The van der Waals surface area contributed by atoms with Crippen molar-refractivity contribution in [1.29, 1.82) is 0 Å². The minimum absolute atomic E-state index is 0.126. The van der Waals surface area contributed by atoms with Crippen LogP contribution in [0, 0.1) is 11.8 Å². The van der Waals surface area contributed by atoms with Crippen molar-refractivity contribution in [1.82, 2.24) is 0 Å². The Bertz CT molecular complexity index is 564. The maximum atomic E-state index is 6.43. The molecule has 1 heterocycles. The first kappa shape index (κ1) is 21.4. The minimum Gasteiger partial charge on any atom is -0.497 e. The maximum Gasteiger partial charge on any atom is 0.191 e. The highest BCUT2D eigenvalue weighted by Gasteiger charge is 2.39. The highest BCUT2D eigenvalue weighted by molar-refractivity contribution is 6.74. The van der Waals surface area contributed by atoms with Crippen molar-refractivity contribution in [2.45, 2.75) is 65.1 Å². The van der Waals surface area contributed by atoms with Crippen LogP contribution in [0.5, 0.6) is 5.75 Å². The number of rotatable bonds is 6. The summed E-state index contributed by atoms with van der Waals surface area (Å²) >= 11 is 0. The molecule has 1 saturated heterocycles. The Kier molecular flexibility index (Phi) is 6.94. The fraction of sp³-hybridized carbons (Fsp3) is 0.714. The van der Waals surface area contributed by atoms with Crippen molar-refractivity contribution < 1.29 is 18.6 Å². The standard InChI is InChI=1S/C21H36O4Si/c1-15-13-23-20(17-9-11-18(22-6)12-10-17)25-19(15)16(2)14-24-26(7,8)21(3,4)5/h9-12,15-16,19-20H,13-14H2,1-8H3/t15?,16-,19-,20-/m0/s1. The molecule has 1 aliphatic rings. The van der Waals surface area contributed by atoms with Crippen LogP contribution in [0.15, 0.2) is 24.3 Å². The molecule has 148 valence electrons. The van der Waals surface area contributed by atoms with E-state index >= 15 is 0 Å². The summed E-state index contributed by atoms with van der Waals surface area (Å²) in [5.74, 6) is 1.51. The van der Waals surface area contributed by atoms with Gasteiger partial charge in [-0.2, -0.15) is 0 Å². The van der Waals surface area contributed by atoms with Crippen LogP contribution in [0.1, 0.15) is 46.5 Å². The Hall–Kier alpha value is -0.883. The molecule has 5 heteroatoms. The van der Waals surface area contributed by atoms with Gasteiger partial charge in [0.15, 0.2) is 14.6 Å². The van der Waals surface area contributed by atoms with Crippen molar-refractivity contribution >= 4 is 8.32 Å². The van der Waals surface area contributed by atoms with Crippen LogP contribution < -0.4 is 4.74 Å². The van der Waals surface area contributed by atoms with Crippen molar-refractivity contribution in [2.24, 2.45) is 11.8 Å². The fourth-order valence-electron chi connectivity index (χ4n) is 2.93. The molecule has 0 aromatic heterocycles. The van der Waals surface area contributed by atoms with Gasteiger partial charge in [0, 0.05) is 24.0 Å². The molecule has 1 aromatic carbocycles. The molecular weight excluding hydrogens is 344 g/mol. The van der Waals surface area contributed by atoms with Crippen molar-refractivity contribution in [3.05, 3.63) is 29.8 Å². The van der Waals surface area contributed by atoms with Gasteiger partial charge < -0.3 is 18.6 Å². The smallest absolute Gasteiger partial charge is 0.191 e. The summed E-state index contributed by atoms with van der Waals surface area (Å²) in [6.45, 7) is 17.3. The van der Waals surface area contributed by atoms with Crippen LogP contribution >= 0.6 is 0 Å². The molecule has 1 unspecified atom stereocenters. The number of ether oxygens (including phenoxy) is 3. The molecule has 2 rings (SSSR count). The first-order valence-electron chi connectivity index (χ1n) is 9.60. The monoisotopic (exact) mass is 380 g/mol. The second-order valence-electron chi connectivity index (χ2n) is 9.07. The van der Waals surface area contributed by atoms with Gasteiger partial charge in [0.05, 0.1) is 19.8 Å². The van der Waals surface area contributed by atoms with E-state index in [0.29, 0.717) is 18.4 Å². The summed E-state index contributed by atoms with van der Waals surface area (Å²) in [5.41, 5.74) is 1.03. The van der Waals surface area contributed by atoms with Gasteiger partial charge in [-0.1, -0.05) is 46.8 Å². The third kappa shape index (κ3) is 5.09. The van der Waals surface area contributed by atoms with Gasteiger partial charge in [-0.05, 0) is 30.3 Å². The van der Waals surface area contributed by atoms with Crippen LogP contribution in [-0.2, 0) is 13.9 Å². The molecule has 1 fully saturated rings. The third-order valence-electron chi connectivity index (χ3n) is 5.81. The summed E-state index contributed by atoms with van der Waals surface area (Å²) in [7, 11) is -0.0744. The van der Waals surface area contributed by atoms with Gasteiger partial charge in [-0.3, -0.25) is 0 Å². The summed E-state index contributed by atoms with van der Waals surface area (Å²) in [4.78, 5) is 0. The van der Waals surface area contributed by atoms with Crippen LogP contribution in [-0.4, -0.2) is 34.7 Å². The van der Waals surface area contributed by atoms with E-state index < -0.39 is 8.32 Å². The Morgan fingerprint density at radius 3 is 2.35 bits per heavy atom. The molecule has 26 heavy (non-hydrogen) atoms. The maximum absolute atomic E-state index is 6.43. The zero-order valence-corrected chi connectivity index (χ0v) is 18.7. The Balaban J connectivity index is 2.00. The normalized spacial score (nSPS) is 25.8. The molecule has 1 aliphatic heterocycles. The average molecular weight is 381 g/mol. The van der Waals surface area contributed by atoms with Crippen molar-refractivity contribution in [2.75, 3.05) is 20.3 Å². The fourth-order valence-corrected chi connectivity index (χ4v) is 4.04. The summed E-state index contributed by atoms with van der Waals surface area (Å²) in [6, 6.07) is 7.90. The molecule has 4 atom stereocenters. The van der Waals surface area contributed by atoms with Gasteiger partial charge >= 0.3 is 0 Å². The molecule has 0 saturated carbocycles. The van der Waals surface area contributed by atoms with E-state index in [-0.39, 0.29) is 17.4 Å². The van der Waals surface area contributed by atoms with Crippen molar-refractivity contribution in [3.63, 3.8) is 0 Å². The lowest BCUT2D eigenvalue weighted by atomic mass is 9.93. The van der Waals surface area contributed by atoms with Gasteiger partial charge in [-0.25, -0.2) is 0 Å². The second-order valence-corrected chi connectivity index (χ2v) is 13.9. The number of hydrogen-bond donors (Lipinski definition) is 0. The van der Waals surface area contributed by atoms with Crippen LogP contribution in [0.25, 0.3) is 0 Å². The van der Waals surface area contributed by atoms with E-state index in [1.165, 1.54) is 0 Å². The van der Waals surface area contributed by atoms with E-state index in [0.717, 1.165) is 17.9 Å². The number of methoxy groups -OCH3 is 1. The number of hydrogen-bond acceptors (Lipinski definition) is 4. The van der Waals surface area contributed by atoms with Gasteiger partial charge in [0.1, 0.15) is 5.75 Å². The molecule has 0 radical (unpaired) electrons. The largest absolute Gasteiger partial charge is 0.497 e. The molecule has 0 bridgehead atoms. The van der Waals surface area contributed by atoms with E-state index in [2.05, 4.69) is 47.7 Å². The number of benzene rings is 1. The molecule has 4 nitrogen and oxygen atoms in total. The van der Waals surface area contributed by atoms with Crippen LogP contribution in [0.3, 0.4) is 0 Å². The third-order valence-corrected chi connectivity index (χ3v) is 10.3. The Morgan fingerprint density at radius 2 is 1.81 bits per heavy atom. The zero-order valence-electron chi connectivity index (χ0n) is 17.7. The predicted octanol–water partition coefficient (Wildman–Crippen LogP) is 5.40. The van der Waals surface area contributed by atoms with Gasteiger partial charge in [-0.15, -0.1) is 0 Å². The van der Waals surface area contributed by atoms with E-state index in [1.807, 2.05) is 24.3 Å². The minimum atomic E-state index is -1.75. The lowest BCUT2D eigenvalue weighted by Gasteiger charge is -2.41. The highest BCUT2D eigenvalue weighted by Crippen LogP contribution is 2.38. The zero-order chi connectivity index (χ0) is 19.5. The molecule has 0 aliphatic carbocycles. The van der Waals surface area contributed by atoms with E-state index in [1.54, 1.807) is 7.11 Å². The summed E-state index contributed by atoms with van der Waals surface area (Å²) < 4.78 is 23.9. The average Bonchev–Trinajstić information content (AvgIpc) is 2.59. The molecule has 0 spiro atoms. The van der Waals surface area contributed by atoms with Crippen LogP contribution in [0.2, 0.25) is 18.1 Å². The second kappa shape index (κ2) is 8.42. The lowest BCUT2D eigenvalue weighted by Crippen LogP contribution is -2.45. The topological polar surface area (TPSA) is 36.9 Å². The van der Waals surface area contributed by atoms with Gasteiger partial charge in [0.2, 0.25) is 0 Å². The van der Waals surface area contributed by atoms with Crippen LogP contribution in [0.4, 0.5) is 0 Å². The first-order chi connectivity index (χ1) is 12.0. The first-order valence-corrected chi connectivity index (χ1v) is 12.5. The molecule has 1 aromatic rings. The predicted molar refractivity (Wildman–Crippen MR) is 108 cm³/mol. The Labute approximate surface area is 160 Å². The molecule has 0 amide bonds. The lowest BCUT2D eigenvalue weighted by molar-refractivity contribution is -0.251.